The molecular weight excluding hydrogens is 244 g/mol. The van der Waals surface area contributed by atoms with Gasteiger partial charge in [0.2, 0.25) is 0 Å². The second-order valence-corrected chi connectivity index (χ2v) is 4.12. The third-order valence-corrected chi connectivity index (χ3v) is 2.82. The molecule has 0 fully saturated rings. The smallest absolute Gasteiger partial charge is 0.328 e. The molecule has 1 aromatic rings. The standard InChI is InChI=1S/C14H18N2O3/c1-3-11(4-2)16-14(19)12-7-8-15-9-10(12)5-6-13(17)18/h5-9,11H,3-4H2,1-2H3,(H,16,19)(H,17,18). The number of aliphatic carboxylic acids is 1. The summed E-state index contributed by atoms with van der Waals surface area (Å²) in [6, 6.07) is 1.70. The zero-order valence-electron chi connectivity index (χ0n) is 11.1. The van der Waals surface area contributed by atoms with Crippen molar-refractivity contribution in [3.63, 3.8) is 0 Å². The Labute approximate surface area is 112 Å². The maximum atomic E-state index is 12.1. The summed E-state index contributed by atoms with van der Waals surface area (Å²) >= 11 is 0. The van der Waals surface area contributed by atoms with Gasteiger partial charge in [-0.05, 0) is 25.0 Å². The lowest BCUT2D eigenvalue weighted by atomic mass is 10.1. The van der Waals surface area contributed by atoms with Crippen LogP contribution in [0.5, 0.6) is 0 Å². The summed E-state index contributed by atoms with van der Waals surface area (Å²) < 4.78 is 0. The number of nitrogens with zero attached hydrogens (tertiary/aromatic N) is 1. The Morgan fingerprint density at radius 1 is 1.42 bits per heavy atom. The van der Waals surface area contributed by atoms with E-state index in [1.807, 2.05) is 13.8 Å². The molecule has 5 nitrogen and oxygen atoms in total. The molecule has 0 atom stereocenters. The first-order chi connectivity index (χ1) is 9.08. The molecule has 2 N–H and O–H groups in total. The Bertz CT molecular complexity index is 479. The third-order valence-electron chi connectivity index (χ3n) is 2.82. The molecule has 0 bridgehead atoms. The van der Waals surface area contributed by atoms with Gasteiger partial charge in [-0.25, -0.2) is 4.79 Å². The van der Waals surface area contributed by atoms with Gasteiger partial charge in [0.1, 0.15) is 0 Å². The van der Waals surface area contributed by atoms with E-state index in [-0.39, 0.29) is 11.9 Å². The van der Waals surface area contributed by atoms with E-state index < -0.39 is 5.97 Å². The number of hydrogen-bond acceptors (Lipinski definition) is 3. The maximum Gasteiger partial charge on any atom is 0.328 e. The summed E-state index contributed by atoms with van der Waals surface area (Å²) in [6.07, 6.45) is 7.06. The van der Waals surface area contributed by atoms with Gasteiger partial charge < -0.3 is 10.4 Å². The van der Waals surface area contributed by atoms with Gasteiger partial charge in [-0.1, -0.05) is 13.8 Å². The number of carbonyl (C=O) groups is 2. The molecule has 0 unspecified atom stereocenters. The normalized spacial score (nSPS) is 10.9. The van der Waals surface area contributed by atoms with Gasteiger partial charge in [-0.15, -0.1) is 0 Å². The molecule has 19 heavy (non-hydrogen) atoms. The Kier molecular flexibility index (Phi) is 5.73. The van der Waals surface area contributed by atoms with E-state index in [1.54, 1.807) is 6.07 Å². The molecule has 1 rings (SSSR count). The van der Waals surface area contributed by atoms with Gasteiger partial charge in [-0.2, -0.15) is 0 Å². The third kappa shape index (κ3) is 4.54. The molecule has 0 aliphatic heterocycles. The van der Waals surface area contributed by atoms with Gasteiger partial charge >= 0.3 is 5.97 Å². The summed E-state index contributed by atoms with van der Waals surface area (Å²) in [7, 11) is 0. The fourth-order valence-corrected chi connectivity index (χ4v) is 1.66. The van der Waals surface area contributed by atoms with Crippen LogP contribution in [0.1, 0.15) is 42.6 Å². The predicted molar refractivity (Wildman–Crippen MR) is 72.7 cm³/mol. The fourth-order valence-electron chi connectivity index (χ4n) is 1.66. The van der Waals surface area contributed by atoms with E-state index in [0.29, 0.717) is 11.1 Å². The van der Waals surface area contributed by atoms with Gasteiger partial charge in [0.15, 0.2) is 0 Å². The molecule has 1 aromatic heterocycles. The minimum Gasteiger partial charge on any atom is -0.478 e. The second-order valence-electron chi connectivity index (χ2n) is 4.12. The molecule has 102 valence electrons. The van der Waals surface area contributed by atoms with Crippen LogP contribution in [0.25, 0.3) is 6.08 Å². The lowest BCUT2D eigenvalue weighted by molar-refractivity contribution is -0.131. The molecule has 1 amide bonds. The van der Waals surface area contributed by atoms with Gasteiger partial charge in [0.05, 0.1) is 0 Å². The van der Waals surface area contributed by atoms with Crippen LogP contribution in [0.4, 0.5) is 0 Å². The van der Waals surface area contributed by atoms with Crippen molar-refractivity contribution in [3.05, 3.63) is 35.7 Å². The van der Waals surface area contributed by atoms with Gasteiger partial charge in [0, 0.05) is 35.6 Å². The van der Waals surface area contributed by atoms with E-state index in [4.69, 9.17) is 5.11 Å². The molecule has 0 aliphatic rings. The van der Waals surface area contributed by atoms with Gasteiger partial charge in [-0.3, -0.25) is 9.78 Å². The highest BCUT2D eigenvalue weighted by Crippen LogP contribution is 2.10. The highest BCUT2D eigenvalue weighted by Gasteiger charge is 2.13. The fraction of sp³-hybridized carbons (Fsp3) is 0.357. The van der Waals surface area contributed by atoms with Crippen molar-refractivity contribution in [3.8, 4) is 0 Å². The largest absolute Gasteiger partial charge is 0.478 e. The topological polar surface area (TPSA) is 79.3 Å². The summed E-state index contributed by atoms with van der Waals surface area (Å²) in [5.41, 5.74) is 0.924. The first kappa shape index (κ1) is 14.9. The minimum absolute atomic E-state index is 0.122. The Morgan fingerprint density at radius 2 is 2.11 bits per heavy atom. The van der Waals surface area contributed by atoms with E-state index in [9.17, 15) is 9.59 Å². The van der Waals surface area contributed by atoms with Crippen molar-refractivity contribution in [1.82, 2.24) is 10.3 Å². The SMILES string of the molecule is CCC(CC)NC(=O)c1ccncc1C=CC(=O)O. The van der Waals surface area contributed by atoms with Crippen molar-refractivity contribution in [1.29, 1.82) is 0 Å². The number of pyridine rings is 1. The number of hydrogen-bond donors (Lipinski definition) is 2. The molecule has 1 heterocycles. The number of rotatable bonds is 6. The summed E-state index contributed by atoms with van der Waals surface area (Å²) in [4.78, 5) is 26.5. The zero-order chi connectivity index (χ0) is 14.3. The molecule has 0 aliphatic carbocycles. The average Bonchev–Trinajstić information content (AvgIpc) is 2.42. The summed E-state index contributed by atoms with van der Waals surface area (Å²) in [6.45, 7) is 4.01. The van der Waals surface area contributed by atoms with Crippen molar-refractivity contribution in [2.45, 2.75) is 32.7 Å². The van der Waals surface area contributed by atoms with Crippen LogP contribution >= 0.6 is 0 Å². The molecule has 0 radical (unpaired) electrons. The minimum atomic E-state index is -1.06. The van der Waals surface area contributed by atoms with Crippen LogP contribution in [-0.4, -0.2) is 28.0 Å². The summed E-state index contributed by atoms with van der Waals surface area (Å²) in [5.74, 6) is -1.27. The quantitative estimate of drug-likeness (QED) is 0.769. The molecule has 5 heteroatoms. The van der Waals surface area contributed by atoms with E-state index in [0.717, 1.165) is 18.9 Å². The monoisotopic (exact) mass is 262 g/mol. The Hall–Kier alpha value is -2.17. The van der Waals surface area contributed by atoms with Crippen LogP contribution in [0.15, 0.2) is 24.5 Å². The lowest BCUT2D eigenvalue weighted by Crippen LogP contribution is -2.34. The molecular formula is C14H18N2O3. The Balaban J connectivity index is 2.93. The highest BCUT2D eigenvalue weighted by molar-refractivity contribution is 5.98. The molecule has 0 spiro atoms. The van der Waals surface area contributed by atoms with Crippen molar-refractivity contribution >= 4 is 18.0 Å². The van der Waals surface area contributed by atoms with Crippen LogP contribution in [0, 0.1) is 0 Å². The number of nitrogens with one attached hydrogen (secondary N) is 1. The first-order valence-electron chi connectivity index (χ1n) is 6.24. The number of aromatic nitrogens is 1. The van der Waals surface area contributed by atoms with Crippen LogP contribution in [0.3, 0.4) is 0 Å². The lowest BCUT2D eigenvalue weighted by Gasteiger charge is -2.15. The molecule has 0 saturated carbocycles. The average molecular weight is 262 g/mol. The predicted octanol–water partition coefficient (Wildman–Crippen LogP) is 2.10. The second kappa shape index (κ2) is 7.31. The zero-order valence-corrected chi connectivity index (χ0v) is 11.1. The van der Waals surface area contributed by atoms with E-state index >= 15 is 0 Å². The molecule has 0 aromatic carbocycles. The number of amides is 1. The van der Waals surface area contributed by atoms with Crippen molar-refractivity contribution < 1.29 is 14.7 Å². The first-order valence-corrected chi connectivity index (χ1v) is 6.24. The van der Waals surface area contributed by atoms with E-state index in [1.165, 1.54) is 18.5 Å². The van der Waals surface area contributed by atoms with Crippen molar-refractivity contribution in [2.75, 3.05) is 0 Å². The highest BCUT2D eigenvalue weighted by atomic mass is 16.4. The number of carbonyl (C=O) groups excluding carboxylic acids is 1. The molecule has 0 saturated heterocycles. The summed E-state index contributed by atoms with van der Waals surface area (Å²) in [5, 5.41) is 11.5. The van der Waals surface area contributed by atoms with Gasteiger partial charge in [0.25, 0.3) is 5.91 Å². The number of carboxylic acid groups (broad SMARTS) is 1. The maximum absolute atomic E-state index is 12.1. The van der Waals surface area contributed by atoms with Crippen LogP contribution < -0.4 is 5.32 Å². The van der Waals surface area contributed by atoms with Crippen LogP contribution in [-0.2, 0) is 4.79 Å². The Morgan fingerprint density at radius 3 is 2.68 bits per heavy atom. The van der Waals surface area contributed by atoms with Crippen LogP contribution in [0.2, 0.25) is 0 Å². The van der Waals surface area contributed by atoms with Crippen molar-refractivity contribution in [2.24, 2.45) is 0 Å². The number of carboxylic acids is 1. The van der Waals surface area contributed by atoms with E-state index in [2.05, 4.69) is 10.3 Å².